The number of aromatic nitrogens is 2. The Labute approximate surface area is 162 Å². The van der Waals surface area contributed by atoms with Gasteiger partial charge < -0.3 is 9.47 Å². The molecule has 0 spiro atoms. The predicted octanol–water partition coefficient (Wildman–Crippen LogP) is 3.63. The van der Waals surface area contributed by atoms with Crippen LogP contribution in [-0.2, 0) is 14.3 Å². The highest BCUT2D eigenvalue weighted by molar-refractivity contribution is 5.97. The fourth-order valence-corrected chi connectivity index (χ4v) is 3.12. The van der Waals surface area contributed by atoms with Crippen molar-refractivity contribution in [2.75, 3.05) is 6.61 Å². The maximum absolute atomic E-state index is 12.9. The molecule has 0 amide bonds. The minimum absolute atomic E-state index is 0.268. The number of nitrogens with zero attached hydrogens (tertiary/aromatic N) is 2. The molecule has 0 aliphatic carbocycles. The molecule has 0 bridgehead atoms. The molecule has 0 unspecified atom stereocenters. The van der Waals surface area contributed by atoms with Gasteiger partial charge in [0.25, 0.3) is 0 Å². The Bertz CT molecular complexity index is 1040. The van der Waals surface area contributed by atoms with Crippen molar-refractivity contribution in [1.29, 1.82) is 0 Å². The summed E-state index contributed by atoms with van der Waals surface area (Å²) in [6.07, 6.45) is 1.15. The molecule has 0 saturated carbocycles. The second kappa shape index (κ2) is 7.31. The molecular formula is C22H20N2O4. The molecule has 0 radical (unpaired) electrons. The van der Waals surface area contributed by atoms with Crippen LogP contribution in [0.25, 0.3) is 16.9 Å². The lowest BCUT2D eigenvalue weighted by molar-refractivity contribution is -0.145. The van der Waals surface area contributed by atoms with E-state index in [1.54, 1.807) is 10.9 Å². The second-order valence-corrected chi connectivity index (χ2v) is 6.82. The number of esters is 2. The second-order valence-electron chi connectivity index (χ2n) is 6.82. The lowest BCUT2D eigenvalue weighted by atomic mass is 10.0. The average Bonchev–Trinajstić information content (AvgIpc) is 3.32. The molecule has 1 atom stereocenters. The monoisotopic (exact) mass is 376 g/mol. The standard InChI is InChI=1S/C22H20N2O4/c1-14-8-9-16(12-15(14)2)20-18(21(25)28-19-10-11-27-22(19)26)13-24(23-20)17-6-4-3-5-7-17/h3-9,12-13,19H,10-11H2,1-2H3/t19-/m0/s1. The summed E-state index contributed by atoms with van der Waals surface area (Å²) in [7, 11) is 0. The van der Waals surface area contributed by atoms with Crippen LogP contribution in [0.3, 0.4) is 0 Å². The average molecular weight is 376 g/mol. The van der Waals surface area contributed by atoms with Gasteiger partial charge in [-0.2, -0.15) is 5.10 Å². The van der Waals surface area contributed by atoms with Gasteiger partial charge in [0.15, 0.2) is 0 Å². The Hall–Kier alpha value is -3.41. The first-order valence-electron chi connectivity index (χ1n) is 9.13. The normalized spacial score (nSPS) is 16.1. The van der Waals surface area contributed by atoms with E-state index in [0.29, 0.717) is 17.7 Å². The van der Waals surface area contributed by atoms with Crippen LogP contribution in [0.15, 0.2) is 54.7 Å². The van der Waals surface area contributed by atoms with Gasteiger partial charge in [-0.05, 0) is 43.2 Å². The van der Waals surface area contributed by atoms with Gasteiger partial charge in [-0.1, -0.05) is 30.3 Å². The van der Waals surface area contributed by atoms with Crippen LogP contribution in [0.4, 0.5) is 0 Å². The molecule has 1 aliphatic rings. The molecule has 28 heavy (non-hydrogen) atoms. The van der Waals surface area contributed by atoms with Crippen LogP contribution in [0.1, 0.15) is 27.9 Å². The first-order valence-corrected chi connectivity index (χ1v) is 9.13. The van der Waals surface area contributed by atoms with Gasteiger partial charge >= 0.3 is 11.9 Å². The van der Waals surface area contributed by atoms with Crippen LogP contribution >= 0.6 is 0 Å². The summed E-state index contributed by atoms with van der Waals surface area (Å²) in [5, 5.41) is 4.64. The molecule has 6 nitrogen and oxygen atoms in total. The summed E-state index contributed by atoms with van der Waals surface area (Å²) in [5.74, 6) is -1.09. The van der Waals surface area contributed by atoms with Gasteiger partial charge in [0.05, 0.1) is 12.3 Å². The third-order valence-corrected chi connectivity index (χ3v) is 4.87. The molecular weight excluding hydrogens is 356 g/mol. The minimum Gasteiger partial charge on any atom is -0.463 e. The molecule has 1 aromatic heterocycles. The van der Waals surface area contributed by atoms with Gasteiger partial charge in [-0.3, -0.25) is 0 Å². The van der Waals surface area contributed by atoms with Crippen LogP contribution in [0.2, 0.25) is 0 Å². The summed E-state index contributed by atoms with van der Waals surface area (Å²) in [4.78, 5) is 24.5. The van der Waals surface area contributed by atoms with Gasteiger partial charge in [-0.15, -0.1) is 0 Å². The number of benzene rings is 2. The van der Waals surface area contributed by atoms with Crippen molar-refractivity contribution in [3.05, 3.63) is 71.4 Å². The largest absolute Gasteiger partial charge is 0.463 e. The minimum atomic E-state index is -0.861. The highest BCUT2D eigenvalue weighted by atomic mass is 16.6. The van der Waals surface area contributed by atoms with Crippen LogP contribution in [0.5, 0.6) is 0 Å². The van der Waals surface area contributed by atoms with Crippen molar-refractivity contribution in [2.45, 2.75) is 26.4 Å². The van der Waals surface area contributed by atoms with E-state index >= 15 is 0 Å². The third kappa shape index (κ3) is 3.41. The van der Waals surface area contributed by atoms with Crippen molar-refractivity contribution in [1.82, 2.24) is 9.78 Å². The number of rotatable bonds is 4. The smallest absolute Gasteiger partial charge is 0.347 e. The number of hydrogen-bond donors (Lipinski definition) is 0. The highest BCUT2D eigenvalue weighted by Gasteiger charge is 2.32. The molecule has 0 N–H and O–H groups in total. The molecule has 1 fully saturated rings. The van der Waals surface area contributed by atoms with Crippen molar-refractivity contribution < 1.29 is 19.1 Å². The van der Waals surface area contributed by atoms with Crippen LogP contribution in [0, 0.1) is 13.8 Å². The van der Waals surface area contributed by atoms with E-state index in [4.69, 9.17) is 9.47 Å². The van der Waals surface area contributed by atoms with E-state index < -0.39 is 18.0 Å². The fraction of sp³-hybridized carbons (Fsp3) is 0.227. The Kier molecular flexibility index (Phi) is 4.69. The SMILES string of the molecule is Cc1ccc(-c2nn(-c3ccccc3)cc2C(=O)O[C@H]2CCOC2=O)cc1C. The Balaban J connectivity index is 1.76. The van der Waals surface area contributed by atoms with Gasteiger partial charge in [0, 0.05) is 18.2 Å². The molecule has 2 heterocycles. The maximum Gasteiger partial charge on any atom is 0.347 e. The summed E-state index contributed by atoms with van der Waals surface area (Å²) < 4.78 is 11.9. The van der Waals surface area contributed by atoms with Crippen molar-refractivity contribution in [3.63, 3.8) is 0 Å². The Morgan fingerprint density at radius 3 is 2.61 bits per heavy atom. The molecule has 4 rings (SSSR count). The topological polar surface area (TPSA) is 70.4 Å². The summed E-state index contributed by atoms with van der Waals surface area (Å²) >= 11 is 0. The number of ether oxygens (including phenoxy) is 2. The first kappa shape index (κ1) is 18.0. The zero-order valence-corrected chi connectivity index (χ0v) is 15.7. The number of carbonyl (C=O) groups is 2. The molecule has 1 saturated heterocycles. The van der Waals surface area contributed by atoms with E-state index in [-0.39, 0.29) is 6.61 Å². The van der Waals surface area contributed by atoms with E-state index in [1.807, 2.05) is 62.4 Å². The number of cyclic esters (lactones) is 1. The van der Waals surface area contributed by atoms with Gasteiger partial charge in [0.2, 0.25) is 6.10 Å². The van der Waals surface area contributed by atoms with Crippen molar-refractivity contribution in [2.24, 2.45) is 0 Å². The van der Waals surface area contributed by atoms with Crippen molar-refractivity contribution >= 4 is 11.9 Å². The maximum atomic E-state index is 12.9. The molecule has 6 heteroatoms. The van der Waals surface area contributed by atoms with Crippen LogP contribution in [-0.4, -0.2) is 34.4 Å². The highest BCUT2D eigenvalue weighted by Crippen LogP contribution is 2.27. The van der Waals surface area contributed by atoms with E-state index in [0.717, 1.165) is 22.4 Å². The molecule has 2 aromatic carbocycles. The van der Waals surface area contributed by atoms with E-state index in [9.17, 15) is 9.59 Å². The lowest BCUT2D eigenvalue weighted by Gasteiger charge is -2.09. The van der Waals surface area contributed by atoms with E-state index in [2.05, 4.69) is 5.10 Å². The zero-order valence-electron chi connectivity index (χ0n) is 15.7. The summed E-state index contributed by atoms with van der Waals surface area (Å²) in [5.41, 5.74) is 4.73. The van der Waals surface area contributed by atoms with Gasteiger partial charge in [0.1, 0.15) is 11.3 Å². The Morgan fingerprint density at radius 1 is 1.14 bits per heavy atom. The summed E-state index contributed by atoms with van der Waals surface area (Å²) in [6.45, 7) is 4.31. The van der Waals surface area contributed by atoms with Crippen LogP contribution < -0.4 is 0 Å². The molecule has 1 aliphatic heterocycles. The molecule has 3 aromatic rings. The quantitative estimate of drug-likeness (QED) is 0.651. The Morgan fingerprint density at radius 2 is 1.93 bits per heavy atom. The fourth-order valence-electron chi connectivity index (χ4n) is 3.12. The number of para-hydroxylation sites is 1. The zero-order chi connectivity index (χ0) is 19.7. The first-order chi connectivity index (χ1) is 13.5. The predicted molar refractivity (Wildman–Crippen MR) is 103 cm³/mol. The van der Waals surface area contributed by atoms with Gasteiger partial charge in [-0.25, -0.2) is 14.3 Å². The lowest BCUT2D eigenvalue weighted by Crippen LogP contribution is -2.22. The van der Waals surface area contributed by atoms with E-state index in [1.165, 1.54) is 0 Å². The van der Waals surface area contributed by atoms with Crippen molar-refractivity contribution in [3.8, 4) is 16.9 Å². The molecule has 142 valence electrons. The number of carbonyl (C=O) groups excluding carboxylic acids is 2. The number of hydrogen-bond acceptors (Lipinski definition) is 5. The number of aryl methyl sites for hydroxylation is 2. The summed E-state index contributed by atoms with van der Waals surface area (Å²) in [6, 6.07) is 15.4. The third-order valence-electron chi connectivity index (χ3n) is 4.87.